The van der Waals surface area contributed by atoms with Gasteiger partial charge in [0.25, 0.3) is 0 Å². The predicted octanol–water partition coefficient (Wildman–Crippen LogP) is 6.69. The summed E-state index contributed by atoms with van der Waals surface area (Å²) in [5.74, 6) is -43.4. The molecule has 1 aliphatic carbocycles. The molecule has 1 aliphatic rings. The number of hydrogen-bond acceptors (Lipinski definition) is 4. The Balaban J connectivity index is 3.49. The second kappa shape index (κ2) is 10.7. The van der Waals surface area contributed by atoms with Gasteiger partial charge in [0.1, 0.15) is 0 Å². The molecule has 218 valence electrons. The Bertz CT molecular complexity index is 826. The first-order chi connectivity index (χ1) is 16.4. The quantitative estimate of drug-likeness (QED) is 0.0800. The van der Waals surface area contributed by atoms with E-state index < -0.39 is 84.2 Å². The average molecular weight is 686 g/mol. The van der Waals surface area contributed by atoms with Crippen LogP contribution in [0.3, 0.4) is 0 Å². The SMILES string of the molecule is CCOC(=O)C1(C(=O)OCC)CC(CI)C(CC(F)(F)C(F)(F)C(F)(F)C(F)(F)C(F)(F)C(F)(F)F)C1. The molecule has 1 rings (SSSR count). The van der Waals surface area contributed by atoms with Crippen molar-refractivity contribution in [3.05, 3.63) is 0 Å². The predicted molar refractivity (Wildman–Crippen MR) is 106 cm³/mol. The normalized spacial score (nSPS) is 21.6. The molecule has 0 bridgehead atoms. The lowest BCUT2D eigenvalue weighted by atomic mass is 9.83. The molecular weight excluding hydrogens is 666 g/mol. The second-order valence-electron chi connectivity index (χ2n) is 8.31. The first kappa shape index (κ1) is 33.8. The third-order valence-corrected chi connectivity index (χ3v) is 7.07. The average Bonchev–Trinajstić information content (AvgIpc) is 3.11. The molecule has 0 saturated heterocycles. The van der Waals surface area contributed by atoms with Crippen molar-refractivity contribution in [3.63, 3.8) is 0 Å². The van der Waals surface area contributed by atoms with Gasteiger partial charge in [0.2, 0.25) is 0 Å². The molecule has 1 fully saturated rings. The maximum atomic E-state index is 14.5. The van der Waals surface area contributed by atoms with Crippen LogP contribution in [0.5, 0.6) is 0 Å². The number of ether oxygens (including phenoxy) is 2. The van der Waals surface area contributed by atoms with Crippen molar-refractivity contribution in [1.29, 1.82) is 0 Å². The highest BCUT2D eigenvalue weighted by Gasteiger charge is 2.90. The molecule has 0 amide bonds. The first-order valence-corrected chi connectivity index (χ1v) is 11.8. The molecule has 0 radical (unpaired) electrons. The molecule has 0 N–H and O–H groups in total. The van der Waals surface area contributed by atoms with Crippen LogP contribution in [-0.4, -0.2) is 65.4 Å². The van der Waals surface area contributed by atoms with Crippen LogP contribution in [0.4, 0.5) is 57.1 Å². The lowest BCUT2D eigenvalue weighted by Gasteiger charge is -2.40. The minimum atomic E-state index is -8.00. The zero-order valence-corrected chi connectivity index (χ0v) is 21.0. The highest BCUT2D eigenvalue weighted by Crippen LogP contribution is 2.62. The van der Waals surface area contributed by atoms with Crippen LogP contribution in [0.1, 0.15) is 33.1 Å². The molecule has 2 unspecified atom stereocenters. The largest absolute Gasteiger partial charge is 0.465 e. The maximum absolute atomic E-state index is 14.5. The summed E-state index contributed by atoms with van der Waals surface area (Å²) >= 11 is 1.50. The zero-order chi connectivity index (χ0) is 29.5. The Hall–Kier alpha value is -1.24. The Morgan fingerprint density at radius 3 is 1.43 bits per heavy atom. The van der Waals surface area contributed by atoms with Crippen LogP contribution in [0.2, 0.25) is 0 Å². The van der Waals surface area contributed by atoms with Crippen LogP contribution in [0.25, 0.3) is 0 Å². The minimum Gasteiger partial charge on any atom is -0.465 e. The Morgan fingerprint density at radius 2 is 1.08 bits per heavy atom. The molecule has 1 saturated carbocycles. The van der Waals surface area contributed by atoms with Crippen molar-refractivity contribution < 1.29 is 76.1 Å². The zero-order valence-electron chi connectivity index (χ0n) is 18.8. The van der Waals surface area contributed by atoms with E-state index in [9.17, 15) is 66.7 Å². The molecule has 4 nitrogen and oxygen atoms in total. The lowest BCUT2D eigenvalue weighted by Crippen LogP contribution is -2.70. The molecule has 18 heteroatoms. The fraction of sp³-hybridized carbons (Fsp3) is 0.895. The molecule has 0 aromatic rings. The molecule has 0 spiro atoms. The number of hydrogen-bond donors (Lipinski definition) is 0. The standard InChI is InChI=1S/C19H20F13IO4/c1-3-36-11(34)13(12(35)37-4-2)5-9(10(6-13)8-33)7-14(20,21)15(22,23)16(24,25)17(26,27)18(28,29)19(30,31)32/h9-10H,3-8H2,1-2H3. The van der Waals surface area contributed by atoms with Gasteiger partial charge in [0.15, 0.2) is 5.41 Å². The lowest BCUT2D eigenvalue weighted by molar-refractivity contribution is -0.440. The van der Waals surface area contributed by atoms with E-state index in [0.717, 1.165) is 0 Å². The van der Waals surface area contributed by atoms with E-state index in [4.69, 9.17) is 9.47 Å². The number of rotatable bonds is 11. The second-order valence-corrected chi connectivity index (χ2v) is 9.19. The summed E-state index contributed by atoms with van der Waals surface area (Å²) in [7, 11) is 0. The van der Waals surface area contributed by atoms with Crippen molar-refractivity contribution in [2.45, 2.75) is 68.9 Å². The molecular formula is C19H20F13IO4. The van der Waals surface area contributed by atoms with Gasteiger partial charge in [-0.3, -0.25) is 9.59 Å². The number of carbonyl (C=O) groups excluding carboxylic acids is 2. The molecule has 0 aromatic carbocycles. The molecule has 0 aromatic heterocycles. The summed E-state index contributed by atoms with van der Waals surface area (Å²) in [6.07, 6.45) is -11.7. The van der Waals surface area contributed by atoms with Crippen LogP contribution in [-0.2, 0) is 19.1 Å². The summed E-state index contributed by atoms with van der Waals surface area (Å²) < 4.78 is 184. The monoisotopic (exact) mass is 686 g/mol. The van der Waals surface area contributed by atoms with Gasteiger partial charge in [-0.25, -0.2) is 0 Å². The summed E-state index contributed by atoms with van der Waals surface area (Å²) in [5.41, 5.74) is -2.37. The van der Waals surface area contributed by atoms with Gasteiger partial charge in [-0.05, 0) is 38.5 Å². The smallest absolute Gasteiger partial charge is 0.460 e. The van der Waals surface area contributed by atoms with E-state index >= 15 is 0 Å². The minimum absolute atomic E-state index is 0.274. The van der Waals surface area contributed by atoms with Crippen LogP contribution in [0, 0.1) is 17.3 Å². The van der Waals surface area contributed by atoms with Crippen LogP contribution < -0.4 is 0 Å². The highest BCUT2D eigenvalue weighted by molar-refractivity contribution is 14.1. The first-order valence-electron chi connectivity index (χ1n) is 10.3. The van der Waals surface area contributed by atoms with Gasteiger partial charge in [0.05, 0.1) is 13.2 Å². The summed E-state index contributed by atoms with van der Waals surface area (Å²) in [4.78, 5) is 25.0. The molecule has 0 heterocycles. The van der Waals surface area contributed by atoms with Gasteiger partial charge in [0, 0.05) is 10.8 Å². The van der Waals surface area contributed by atoms with Gasteiger partial charge in [-0.2, -0.15) is 57.1 Å². The van der Waals surface area contributed by atoms with E-state index in [0.29, 0.717) is 0 Å². The Morgan fingerprint density at radius 1 is 0.703 bits per heavy atom. The number of halogens is 14. The molecule has 0 aliphatic heterocycles. The summed E-state index contributed by atoms with van der Waals surface area (Å²) in [6, 6.07) is 0. The summed E-state index contributed by atoms with van der Waals surface area (Å²) in [5, 5.41) is 0. The number of esters is 2. The molecule has 37 heavy (non-hydrogen) atoms. The summed E-state index contributed by atoms with van der Waals surface area (Å²) in [6.45, 7) is 1.88. The van der Waals surface area contributed by atoms with E-state index in [-0.39, 0.29) is 17.6 Å². The van der Waals surface area contributed by atoms with Crippen molar-refractivity contribution >= 4 is 34.5 Å². The Labute approximate surface area is 214 Å². The third kappa shape index (κ3) is 5.45. The fourth-order valence-corrected chi connectivity index (χ4v) is 4.98. The van der Waals surface area contributed by atoms with E-state index in [2.05, 4.69) is 0 Å². The van der Waals surface area contributed by atoms with Gasteiger partial charge >= 0.3 is 47.7 Å². The van der Waals surface area contributed by atoms with E-state index in [1.807, 2.05) is 0 Å². The van der Waals surface area contributed by atoms with Gasteiger partial charge in [-0.1, -0.05) is 22.6 Å². The van der Waals surface area contributed by atoms with Crippen molar-refractivity contribution in [2.75, 3.05) is 17.6 Å². The topological polar surface area (TPSA) is 52.6 Å². The van der Waals surface area contributed by atoms with Crippen molar-refractivity contribution in [3.8, 4) is 0 Å². The Kier molecular flexibility index (Phi) is 9.80. The van der Waals surface area contributed by atoms with Crippen LogP contribution in [0.15, 0.2) is 0 Å². The number of carbonyl (C=O) groups is 2. The van der Waals surface area contributed by atoms with Crippen molar-refractivity contribution in [1.82, 2.24) is 0 Å². The third-order valence-electron chi connectivity index (χ3n) is 5.94. The maximum Gasteiger partial charge on any atom is 0.460 e. The van der Waals surface area contributed by atoms with Gasteiger partial charge < -0.3 is 9.47 Å². The number of alkyl halides is 14. The molecule has 2 atom stereocenters. The van der Waals surface area contributed by atoms with E-state index in [1.165, 1.54) is 36.4 Å². The fourth-order valence-electron chi connectivity index (χ4n) is 3.95. The van der Waals surface area contributed by atoms with E-state index in [1.54, 1.807) is 0 Å². The van der Waals surface area contributed by atoms with Gasteiger partial charge in [-0.15, -0.1) is 0 Å². The van der Waals surface area contributed by atoms with Crippen molar-refractivity contribution in [2.24, 2.45) is 17.3 Å². The highest BCUT2D eigenvalue weighted by atomic mass is 127. The van der Waals surface area contributed by atoms with Crippen LogP contribution >= 0.6 is 22.6 Å².